The smallest absolute Gasteiger partial charge is 0.222 e. The zero-order valence-corrected chi connectivity index (χ0v) is 17.4. The summed E-state index contributed by atoms with van der Waals surface area (Å²) in [6.07, 6.45) is 3.12. The average Bonchev–Trinajstić information content (AvgIpc) is 2.55. The lowest BCUT2D eigenvalue weighted by Gasteiger charge is -2.34. The fourth-order valence-electron chi connectivity index (χ4n) is 3.41. The highest BCUT2D eigenvalue weighted by atomic mass is 35.5. The topological polar surface area (TPSA) is 69.8 Å². The second kappa shape index (κ2) is 12.4. The molecule has 1 heterocycles. The van der Waals surface area contributed by atoms with Gasteiger partial charge in [-0.15, -0.1) is 24.8 Å². The first-order valence-electron chi connectivity index (χ1n) is 8.93. The third kappa shape index (κ3) is 8.12. The van der Waals surface area contributed by atoms with Gasteiger partial charge in [-0.05, 0) is 56.8 Å². The molecule has 150 valence electrons. The molecule has 0 saturated carbocycles. The number of amides is 1. The molecule has 1 atom stereocenters. The molecular formula is C19H33Cl2N3O2. The summed E-state index contributed by atoms with van der Waals surface area (Å²) in [5.74, 6) is 0.746. The number of anilines is 1. The van der Waals surface area contributed by atoms with Gasteiger partial charge in [0.15, 0.2) is 0 Å². The summed E-state index contributed by atoms with van der Waals surface area (Å²) in [4.78, 5) is 16.5. The number of hydrogen-bond acceptors (Lipinski definition) is 4. The molecule has 0 aliphatic carbocycles. The number of nitrogens with two attached hydrogens (primary N) is 1. The van der Waals surface area contributed by atoms with Gasteiger partial charge in [0.1, 0.15) is 0 Å². The molecule has 2 rings (SSSR count). The molecule has 0 aromatic heterocycles. The van der Waals surface area contributed by atoms with Crippen molar-refractivity contribution in [2.24, 2.45) is 5.92 Å². The van der Waals surface area contributed by atoms with Gasteiger partial charge in [-0.25, -0.2) is 0 Å². The standard InChI is InChI=1S/C19H31N3O2.2ClH/c1-15(23)13-22-11-9-16(10-12-22)14-21(2)19(24)8-7-17-5-3-4-6-18(17)20;;/h3-6,15-16,23H,7-14,20H2,1-2H3;2*1H. The normalized spacial score (nSPS) is 16.3. The number of carbonyl (C=O) groups is 1. The fourth-order valence-corrected chi connectivity index (χ4v) is 3.41. The van der Waals surface area contributed by atoms with E-state index >= 15 is 0 Å². The summed E-state index contributed by atoms with van der Waals surface area (Å²) >= 11 is 0. The van der Waals surface area contributed by atoms with E-state index in [1.807, 2.05) is 43.1 Å². The van der Waals surface area contributed by atoms with Gasteiger partial charge in [-0.2, -0.15) is 0 Å². The Kier molecular flexibility index (Phi) is 11.9. The predicted octanol–water partition coefficient (Wildman–Crippen LogP) is 2.60. The molecule has 1 aliphatic heterocycles. The minimum atomic E-state index is -0.267. The van der Waals surface area contributed by atoms with E-state index in [-0.39, 0.29) is 36.8 Å². The van der Waals surface area contributed by atoms with Crippen molar-refractivity contribution in [2.75, 3.05) is 39.0 Å². The molecule has 5 nitrogen and oxygen atoms in total. The van der Waals surface area contributed by atoms with Crippen LogP contribution < -0.4 is 5.73 Å². The maximum absolute atomic E-state index is 12.4. The lowest BCUT2D eigenvalue weighted by atomic mass is 9.96. The summed E-state index contributed by atoms with van der Waals surface area (Å²) in [6, 6.07) is 7.74. The number of nitrogens with zero attached hydrogens (tertiary/aromatic N) is 2. The van der Waals surface area contributed by atoms with Crippen molar-refractivity contribution in [1.29, 1.82) is 0 Å². The third-order valence-electron chi connectivity index (χ3n) is 4.85. The summed E-state index contributed by atoms with van der Waals surface area (Å²) in [5.41, 5.74) is 7.74. The molecule has 7 heteroatoms. The van der Waals surface area contributed by atoms with Crippen molar-refractivity contribution < 1.29 is 9.90 Å². The molecule has 1 saturated heterocycles. The zero-order valence-electron chi connectivity index (χ0n) is 15.8. The molecule has 0 radical (unpaired) electrons. The summed E-state index contributed by atoms with van der Waals surface area (Å²) < 4.78 is 0. The Morgan fingerprint density at radius 1 is 1.31 bits per heavy atom. The van der Waals surface area contributed by atoms with Crippen molar-refractivity contribution in [3.05, 3.63) is 29.8 Å². The van der Waals surface area contributed by atoms with Gasteiger partial charge < -0.3 is 20.6 Å². The summed E-state index contributed by atoms with van der Waals surface area (Å²) in [5, 5.41) is 9.46. The Morgan fingerprint density at radius 3 is 2.50 bits per heavy atom. The second-order valence-corrected chi connectivity index (χ2v) is 7.07. The highest BCUT2D eigenvalue weighted by Crippen LogP contribution is 2.19. The van der Waals surface area contributed by atoms with Crippen molar-refractivity contribution in [2.45, 2.75) is 38.7 Å². The Hall–Kier alpha value is -1.01. The van der Waals surface area contributed by atoms with Gasteiger partial charge in [0.25, 0.3) is 0 Å². The number of para-hydroxylation sites is 1. The molecule has 26 heavy (non-hydrogen) atoms. The number of hydrogen-bond donors (Lipinski definition) is 2. The largest absolute Gasteiger partial charge is 0.399 e. The van der Waals surface area contributed by atoms with Gasteiger partial charge >= 0.3 is 0 Å². The number of piperidine rings is 1. The maximum atomic E-state index is 12.4. The summed E-state index contributed by atoms with van der Waals surface area (Å²) in [7, 11) is 1.90. The van der Waals surface area contributed by atoms with Crippen LogP contribution in [0.2, 0.25) is 0 Å². The average molecular weight is 406 g/mol. The lowest BCUT2D eigenvalue weighted by molar-refractivity contribution is -0.130. The molecular weight excluding hydrogens is 373 g/mol. The molecule has 1 unspecified atom stereocenters. The van der Waals surface area contributed by atoms with Crippen LogP contribution in [0.3, 0.4) is 0 Å². The molecule has 1 aromatic carbocycles. The monoisotopic (exact) mass is 405 g/mol. The Balaban J connectivity index is 0.00000312. The molecule has 1 amide bonds. The number of nitrogen functional groups attached to an aromatic ring is 1. The number of benzene rings is 1. The van der Waals surface area contributed by atoms with Gasteiger partial charge in [0.2, 0.25) is 5.91 Å². The van der Waals surface area contributed by atoms with E-state index in [1.165, 1.54) is 0 Å². The zero-order chi connectivity index (χ0) is 17.5. The van der Waals surface area contributed by atoms with E-state index < -0.39 is 0 Å². The van der Waals surface area contributed by atoms with E-state index in [4.69, 9.17) is 5.73 Å². The van der Waals surface area contributed by atoms with Crippen LogP contribution in [0.1, 0.15) is 31.7 Å². The number of carbonyl (C=O) groups excluding carboxylic acids is 1. The molecule has 1 aromatic rings. The highest BCUT2D eigenvalue weighted by molar-refractivity contribution is 5.85. The number of likely N-dealkylation sites (tertiary alicyclic amines) is 1. The third-order valence-corrected chi connectivity index (χ3v) is 4.85. The van der Waals surface area contributed by atoms with Crippen LogP contribution >= 0.6 is 24.8 Å². The first-order valence-corrected chi connectivity index (χ1v) is 8.93. The van der Waals surface area contributed by atoms with Crippen LogP contribution in [-0.4, -0.2) is 60.1 Å². The van der Waals surface area contributed by atoms with E-state index in [0.29, 0.717) is 18.8 Å². The first kappa shape index (κ1) is 25.0. The molecule has 1 fully saturated rings. The molecule has 0 bridgehead atoms. The quantitative estimate of drug-likeness (QED) is 0.683. The molecule has 0 spiro atoms. The number of aliphatic hydroxyl groups excluding tert-OH is 1. The van der Waals surface area contributed by atoms with Crippen LogP contribution in [0.15, 0.2) is 24.3 Å². The fraction of sp³-hybridized carbons (Fsp3) is 0.632. The first-order chi connectivity index (χ1) is 11.5. The van der Waals surface area contributed by atoms with E-state index in [1.54, 1.807) is 0 Å². The number of β-amino-alcohol motifs (C(OH)–C–C–N with tert-alkyl or cyclic N) is 1. The Morgan fingerprint density at radius 2 is 1.92 bits per heavy atom. The van der Waals surface area contributed by atoms with E-state index in [2.05, 4.69) is 4.90 Å². The van der Waals surface area contributed by atoms with Gasteiger partial charge in [-0.3, -0.25) is 4.79 Å². The van der Waals surface area contributed by atoms with Crippen LogP contribution in [0, 0.1) is 5.92 Å². The van der Waals surface area contributed by atoms with Crippen molar-refractivity contribution in [3.63, 3.8) is 0 Å². The Labute approximate surface area is 169 Å². The van der Waals surface area contributed by atoms with Crippen molar-refractivity contribution in [1.82, 2.24) is 9.80 Å². The minimum absolute atomic E-state index is 0. The van der Waals surface area contributed by atoms with Crippen LogP contribution in [-0.2, 0) is 11.2 Å². The lowest BCUT2D eigenvalue weighted by Crippen LogP contribution is -2.41. The number of aryl methyl sites for hydroxylation is 1. The van der Waals surface area contributed by atoms with Gasteiger partial charge in [0, 0.05) is 32.2 Å². The summed E-state index contributed by atoms with van der Waals surface area (Å²) in [6.45, 7) is 5.43. The van der Waals surface area contributed by atoms with Crippen LogP contribution in [0.25, 0.3) is 0 Å². The predicted molar refractivity (Wildman–Crippen MR) is 112 cm³/mol. The number of rotatable bonds is 7. The van der Waals surface area contributed by atoms with E-state index in [0.717, 1.165) is 50.3 Å². The maximum Gasteiger partial charge on any atom is 0.222 e. The Bertz CT molecular complexity index is 535. The van der Waals surface area contributed by atoms with Crippen molar-refractivity contribution in [3.8, 4) is 0 Å². The number of halogens is 2. The second-order valence-electron chi connectivity index (χ2n) is 7.07. The van der Waals surface area contributed by atoms with Crippen LogP contribution in [0.5, 0.6) is 0 Å². The van der Waals surface area contributed by atoms with Gasteiger partial charge in [0.05, 0.1) is 6.10 Å². The van der Waals surface area contributed by atoms with Crippen molar-refractivity contribution >= 4 is 36.4 Å². The van der Waals surface area contributed by atoms with E-state index in [9.17, 15) is 9.90 Å². The number of aliphatic hydroxyl groups is 1. The van der Waals surface area contributed by atoms with Crippen LogP contribution in [0.4, 0.5) is 5.69 Å². The molecule has 3 N–H and O–H groups in total. The molecule has 1 aliphatic rings. The minimum Gasteiger partial charge on any atom is -0.399 e. The SMILES string of the molecule is CC(O)CN1CCC(CN(C)C(=O)CCc2ccccc2N)CC1.Cl.Cl. The van der Waals surface area contributed by atoms with Gasteiger partial charge in [-0.1, -0.05) is 18.2 Å². The highest BCUT2D eigenvalue weighted by Gasteiger charge is 2.22.